The molecule has 0 saturated carbocycles. The van der Waals surface area contributed by atoms with Gasteiger partial charge >= 0.3 is 6.18 Å². The first-order valence-corrected chi connectivity index (χ1v) is 12.2. The van der Waals surface area contributed by atoms with Crippen molar-refractivity contribution in [2.45, 2.75) is 36.8 Å². The van der Waals surface area contributed by atoms with Crippen LogP contribution < -0.4 is 10.0 Å². The van der Waals surface area contributed by atoms with Gasteiger partial charge < -0.3 is 10.3 Å². The van der Waals surface area contributed by atoms with Crippen molar-refractivity contribution in [1.82, 2.24) is 4.98 Å². The van der Waals surface area contributed by atoms with Crippen LogP contribution in [0.2, 0.25) is 0 Å². The number of alkyl halides is 3. The van der Waals surface area contributed by atoms with Gasteiger partial charge in [0.05, 0.1) is 16.0 Å². The van der Waals surface area contributed by atoms with Crippen LogP contribution in [0.1, 0.15) is 40.9 Å². The summed E-state index contributed by atoms with van der Waals surface area (Å²) in [4.78, 5) is 15.8. The highest BCUT2D eigenvalue weighted by molar-refractivity contribution is 7.92. The molecule has 0 atom stereocenters. The number of sulfonamides is 1. The van der Waals surface area contributed by atoms with Crippen molar-refractivity contribution in [3.8, 4) is 0 Å². The van der Waals surface area contributed by atoms with E-state index in [1.165, 1.54) is 23.8 Å². The number of fused-ring (bicyclic) bond motifs is 2. The maximum atomic E-state index is 12.9. The fourth-order valence-corrected chi connectivity index (χ4v) is 5.37. The molecule has 1 aromatic heterocycles. The smallest absolute Gasteiger partial charge is 0.359 e. The normalized spacial score (nSPS) is 16.8. The summed E-state index contributed by atoms with van der Waals surface area (Å²) >= 11 is 0. The van der Waals surface area contributed by atoms with Crippen molar-refractivity contribution < 1.29 is 26.4 Å². The van der Waals surface area contributed by atoms with Crippen LogP contribution in [0.5, 0.6) is 0 Å². The molecule has 0 unspecified atom stereocenters. The number of carbonyl (C=O) groups excluding carboxylic acids is 1. The molecule has 0 spiro atoms. The molecule has 2 aliphatic rings. The number of halogens is 3. The van der Waals surface area contributed by atoms with Gasteiger partial charge in [-0.3, -0.25) is 9.52 Å². The average molecular weight is 488 g/mol. The lowest BCUT2D eigenvalue weighted by molar-refractivity contribution is -0.137. The number of H-pyrrole nitrogens is 1. The van der Waals surface area contributed by atoms with Crippen molar-refractivity contribution >= 4 is 39.0 Å². The molecule has 1 amide bonds. The van der Waals surface area contributed by atoms with Crippen LogP contribution in [0, 0.1) is 0 Å². The van der Waals surface area contributed by atoms with Crippen molar-refractivity contribution in [3.05, 3.63) is 76.6 Å². The SMILES string of the molecule is O=C1Nc2ccc(S(=O)(=O)Nc3ccc(C(F)(F)F)cc3)cc2C1=Cc1cc2c([nH]1)CCCC2. The molecular formula is C24H20F3N3O3S. The number of rotatable bonds is 4. The molecule has 3 aromatic rings. The number of benzene rings is 2. The zero-order chi connectivity index (χ0) is 24.1. The van der Waals surface area contributed by atoms with Gasteiger partial charge in [0.15, 0.2) is 0 Å². The number of amides is 1. The van der Waals surface area contributed by atoms with E-state index in [0.29, 0.717) is 16.8 Å². The molecule has 1 aliphatic carbocycles. The van der Waals surface area contributed by atoms with Gasteiger partial charge in [0.1, 0.15) is 0 Å². The Morgan fingerprint density at radius 1 is 0.971 bits per heavy atom. The summed E-state index contributed by atoms with van der Waals surface area (Å²) in [6, 6.07) is 9.94. The molecule has 0 bridgehead atoms. The highest BCUT2D eigenvalue weighted by Gasteiger charge is 2.30. The van der Waals surface area contributed by atoms with Gasteiger partial charge in [0.2, 0.25) is 0 Å². The monoisotopic (exact) mass is 487 g/mol. The number of aromatic amines is 1. The Morgan fingerprint density at radius 2 is 1.71 bits per heavy atom. The quantitative estimate of drug-likeness (QED) is 0.442. The minimum absolute atomic E-state index is 0.00423. The topological polar surface area (TPSA) is 91.1 Å². The molecule has 5 rings (SSSR count). The summed E-state index contributed by atoms with van der Waals surface area (Å²) in [5.41, 5.74) is 3.55. The lowest BCUT2D eigenvalue weighted by Gasteiger charge is -2.11. The van der Waals surface area contributed by atoms with Crippen molar-refractivity contribution in [1.29, 1.82) is 0 Å². The summed E-state index contributed by atoms with van der Waals surface area (Å²) in [6.07, 6.45) is 1.36. The fourth-order valence-electron chi connectivity index (χ4n) is 4.28. The molecule has 0 saturated heterocycles. The third-order valence-corrected chi connectivity index (χ3v) is 7.36. The Balaban J connectivity index is 1.44. The predicted molar refractivity (Wildman–Crippen MR) is 123 cm³/mol. The van der Waals surface area contributed by atoms with Crippen LogP contribution in [-0.4, -0.2) is 19.3 Å². The Labute approximate surface area is 193 Å². The highest BCUT2D eigenvalue weighted by atomic mass is 32.2. The summed E-state index contributed by atoms with van der Waals surface area (Å²) in [6.45, 7) is 0. The molecule has 2 heterocycles. The Bertz CT molecular complexity index is 1400. The van der Waals surface area contributed by atoms with Gasteiger partial charge in [-0.15, -0.1) is 0 Å². The van der Waals surface area contributed by atoms with Crippen LogP contribution >= 0.6 is 0 Å². The average Bonchev–Trinajstić information content (AvgIpc) is 3.33. The lowest BCUT2D eigenvalue weighted by Crippen LogP contribution is -2.13. The Hall–Kier alpha value is -3.53. The van der Waals surface area contributed by atoms with Crippen LogP contribution in [-0.2, 0) is 33.8 Å². The number of aryl methyl sites for hydroxylation is 2. The van der Waals surface area contributed by atoms with E-state index in [1.807, 2.05) is 6.07 Å². The largest absolute Gasteiger partial charge is 0.416 e. The fraction of sp³-hybridized carbons (Fsp3) is 0.208. The predicted octanol–water partition coefficient (Wildman–Crippen LogP) is 5.21. The third kappa shape index (κ3) is 4.21. The zero-order valence-electron chi connectivity index (χ0n) is 17.8. The maximum absolute atomic E-state index is 12.9. The van der Waals surface area contributed by atoms with Crippen LogP contribution in [0.3, 0.4) is 0 Å². The molecular weight excluding hydrogens is 467 g/mol. The number of hydrogen-bond donors (Lipinski definition) is 3. The van der Waals surface area contributed by atoms with Crippen LogP contribution in [0.15, 0.2) is 53.4 Å². The summed E-state index contributed by atoms with van der Waals surface area (Å²) in [5.74, 6) is -0.340. The molecule has 0 radical (unpaired) electrons. The van der Waals surface area contributed by atoms with Gasteiger partial charge in [-0.05, 0) is 85.9 Å². The van der Waals surface area contributed by atoms with Gasteiger partial charge in [0.25, 0.3) is 15.9 Å². The van der Waals surface area contributed by atoms with E-state index in [0.717, 1.165) is 61.3 Å². The van der Waals surface area contributed by atoms with E-state index >= 15 is 0 Å². The molecule has 2 aromatic carbocycles. The van der Waals surface area contributed by atoms with Crippen LogP contribution in [0.25, 0.3) is 11.6 Å². The van der Waals surface area contributed by atoms with E-state index in [4.69, 9.17) is 0 Å². The standard InChI is InChI=1S/C24H20F3N3O3S/c25-24(26,27)15-5-7-16(8-6-15)30-34(32,33)18-9-10-22-19(13-18)20(23(31)29-22)12-17-11-14-3-1-2-4-21(14)28-17/h5-13,28,30H,1-4H2,(H,29,31). The van der Waals surface area contributed by atoms with Gasteiger partial charge in [-0.1, -0.05) is 0 Å². The van der Waals surface area contributed by atoms with E-state index in [2.05, 4.69) is 15.0 Å². The minimum Gasteiger partial charge on any atom is -0.359 e. The second-order valence-electron chi connectivity index (χ2n) is 8.34. The Morgan fingerprint density at radius 3 is 2.41 bits per heavy atom. The van der Waals surface area contributed by atoms with Gasteiger partial charge in [-0.25, -0.2) is 8.42 Å². The second kappa shape index (κ2) is 8.05. The van der Waals surface area contributed by atoms with Crippen molar-refractivity contribution in [2.75, 3.05) is 10.0 Å². The van der Waals surface area contributed by atoms with Crippen LogP contribution in [0.4, 0.5) is 24.5 Å². The molecule has 34 heavy (non-hydrogen) atoms. The van der Waals surface area contributed by atoms with E-state index in [9.17, 15) is 26.4 Å². The summed E-state index contributed by atoms with van der Waals surface area (Å²) in [5, 5.41) is 2.74. The maximum Gasteiger partial charge on any atom is 0.416 e. The van der Waals surface area contributed by atoms with Crippen molar-refractivity contribution in [3.63, 3.8) is 0 Å². The number of anilines is 2. The molecule has 3 N–H and O–H groups in total. The number of aromatic nitrogens is 1. The molecule has 1 aliphatic heterocycles. The third-order valence-electron chi connectivity index (χ3n) is 5.98. The minimum atomic E-state index is -4.52. The first kappa shape index (κ1) is 22.3. The number of hydrogen-bond acceptors (Lipinski definition) is 3. The lowest BCUT2D eigenvalue weighted by atomic mass is 9.98. The van der Waals surface area contributed by atoms with Gasteiger partial charge in [-0.2, -0.15) is 13.2 Å². The first-order chi connectivity index (χ1) is 16.1. The zero-order valence-corrected chi connectivity index (χ0v) is 18.6. The first-order valence-electron chi connectivity index (χ1n) is 10.7. The molecule has 176 valence electrons. The number of nitrogens with one attached hydrogen (secondary N) is 3. The van der Waals surface area contributed by atoms with E-state index in [1.54, 1.807) is 6.08 Å². The molecule has 6 nitrogen and oxygen atoms in total. The summed E-state index contributed by atoms with van der Waals surface area (Å²) < 4.78 is 66.4. The van der Waals surface area contributed by atoms with E-state index < -0.39 is 21.8 Å². The van der Waals surface area contributed by atoms with Gasteiger partial charge in [0, 0.05) is 28.3 Å². The summed E-state index contributed by atoms with van der Waals surface area (Å²) in [7, 11) is -4.10. The van der Waals surface area contributed by atoms with E-state index in [-0.39, 0.29) is 16.5 Å². The van der Waals surface area contributed by atoms with Crippen molar-refractivity contribution in [2.24, 2.45) is 0 Å². The Kier molecular flexibility index (Phi) is 5.27. The number of carbonyl (C=O) groups is 1. The molecule has 0 fully saturated rings. The highest BCUT2D eigenvalue weighted by Crippen LogP contribution is 2.36. The second-order valence-corrected chi connectivity index (χ2v) is 10.0. The molecule has 10 heteroatoms.